The average molecular weight is 303 g/mol. The fourth-order valence-corrected chi connectivity index (χ4v) is 10.6. The lowest BCUT2D eigenvalue weighted by molar-refractivity contribution is 0.547. The second-order valence-corrected chi connectivity index (χ2v) is 15.1. The first kappa shape index (κ1) is 16.6. The fraction of sp³-hybridized carbons (Fsp3) is 1.00. The highest BCUT2D eigenvalue weighted by Gasteiger charge is 2.58. The molecule has 1 aliphatic heterocycles. The lowest BCUT2D eigenvalue weighted by Crippen LogP contribution is -2.59. The minimum Gasteiger partial charge on any atom is -0.336 e. The van der Waals surface area contributed by atoms with Crippen molar-refractivity contribution in [2.75, 3.05) is 0 Å². The molecular formula is C13H34N2Si3. The first-order chi connectivity index (χ1) is 8.14. The highest BCUT2D eigenvalue weighted by Crippen LogP contribution is 2.45. The maximum absolute atomic E-state index is 3.92. The second-order valence-electron chi connectivity index (χ2n) is 7.42. The summed E-state index contributed by atoms with van der Waals surface area (Å²) in [5.41, 5.74) is 0.493. The van der Waals surface area contributed by atoms with Crippen molar-refractivity contribution in [3.8, 4) is 0 Å². The summed E-state index contributed by atoms with van der Waals surface area (Å²) in [6.07, 6.45) is 1.46. The van der Waals surface area contributed by atoms with Crippen LogP contribution in [-0.2, 0) is 0 Å². The molecule has 1 fully saturated rings. The number of hydrogen-bond acceptors (Lipinski definition) is 2. The maximum Gasteiger partial charge on any atom is 0.128 e. The van der Waals surface area contributed by atoms with Gasteiger partial charge in [-0.2, -0.15) is 0 Å². The molecule has 1 saturated heterocycles. The van der Waals surface area contributed by atoms with Crippen LogP contribution in [0.2, 0.25) is 32.2 Å². The Morgan fingerprint density at radius 3 is 2.28 bits per heavy atom. The van der Waals surface area contributed by atoms with E-state index in [4.69, 9.17) is 0 Å². The molecule has 0 bridgehead atoms. The Morgan fingerprint density at radius 2 is 1.83 bits per heavy atom. The van der Waals surface area contributed by atoms with Gasteiger partial charge in [0.15, 0.2) is 0 Å². The quantitative estimate of drug-likeness (QED) is 0.569. The zero-order valence-electron chi connectivity index (χ0n) is 13.8. The molecule has 0 spiro atoms. The molecule has 1 heterocycles. The molecule has 3 unspecified atom stereocenters. The van der Waals surface area contributed by atoms with Crippen LogP contribution in [0.1, 0.15) is 34.1 Å². The lowest BCUT2D eigenvalue weighted by atomic mass is 10.1. The maximum atomic E-state index is 3.92. The third-order valence-corrected chi connectivity index (χ3v) is 11.6. The summed E-state index contributed by atoms with van der Waals surface area (Å²) in [4.78, 5) is 3.92. The SMILES string of the molecule is C[SiH2]CCC1N([SiH](C)C(C)(C)N[SiH](C)C)C1(C)C. The summed E-state index contributed by atoms with van der Waals surface area (Å²) < 4.78 is 2.89. The summed E-state index contributed by atoms with van der Waals surface area (Å²) in [6, 6.07) is 2.42. The van der Waals surface area contributed by atoms with Gasteiger partial charge in [-0.1, -0.05) is 32.2 Å². The van der Waals surface area contributed by atoms with Crippen molar-refractivity contribution in [3.63, 3.8) is 0 Å². The minimum atomic E-state index is -0.883. The summed E-state index contributed by atoms with van der Waals surface area (Å²) in [5.74, 6) is 0. The molecule has 0 aromatic carbocycles. The topological polar surface area (TPSA) is 15.0 Å². The standard InChI is InChI=1S/C13H34N2Si3/c1-12(2)11(9-10-16-5)15(12)18(8)13(3,4)14-17(6)7/h11,14,17-18H,9-10,16H2,1-8H3. The smallest absolute Gasteiger partial charge is 0.128 e. The van der Waals surface area contributed by atoms with Crippen LogP contribution in [0.15, 0.2) is 0 Å². The van der Waals surface area contributed by atoms with Gasteiger partial charge < -0.3 is 9.55 Å². The third kappa shape index (κ3) is 3.56. The van der Waals surface area contributed by atoms with Crippen molar-refractivity contribution < 1.29 is 0 Å². The van der Waals surface area contributed by atoms with Gasteiger partial charge in [-0.05, 0) is 34.1 Å². The van der Waals surface area contributed by atoms with Crippen molar-refractivity contribution in [2.24, 2.45) is 0 Å². The van der Waals surface area contributed by atoms with E-state index in [0.29, 0.717) is 10.7 Å². The Hall–Kier alpha value is 0.571. The van der Waals surface area contributed by atoms with E-state index in [1.165, 1.54) is 12.5 Å². The van der Waals surface area contributed by atoms with Crippen molar-refractivity contribution in [1.82, 2.24) is 9.55 Å². The van der Waals surface area contributed by atoms with Gasteiger partial charge in [0.05, 0.1) is 0 Å². The van der Waals surface area contributed by atoms with Gasteiger partial charge in [0.25, 0.3) is 0 Å². The summed E-state index contributed by atoms with van der Waals surface area (Å²) >= 11 is 0. The van der Waals surface area contributed by atoms with Crippen LogP contribution in [0.4, 0.5) is 0 Å². The van der Waals surface area contributed by atoms with E-state index in [-0.39, 0.29) is 9.52 Å². The predicted octanol–water partition coefficient (Wildman–Crippen LogP) is 1.72. The van der Waals surface area contributed by atoms with Crippen LogP contribution in [0.25, 0.3) is 0 Å². The zero-order valence-corrected chi connectivity index (χ0v) is 17.5. The van der Waals surface area contributed by atoms with Crippen molar-refractivity contribution in [1.29, 1.82) is 0 Å². The van der Waals surface area contributed by atoms with Gasteiger partial charge in [0, 0.05) is 26.3 Å². The van der Waals surface area contributed by atoms with E-state index >= 15 is 0 Å². The van der Waals surface area contributed by atoms with Crippen LogP contribution >= 0.6 is 0 Å². The molecule has 3 atom stereocenters. The lowest BCUT2D eigenvalue weighted by Gasteiger charge is -2.36. The fourth-order valence-electron chi connectivity index (χ4n) is 3.47. The molecule has 0 saturated carbocycles. The molecule has 1 aliphatic rings. The predicted molar refractivity (Wildman–Crippen MR) is 92.6 cm³/mol. The van der Waals surface area contributed by atoms with E-state index in [0.717, 1.165) is 6.04 Å². The van der Waals surface area contributed by atoms with Gasteiger partial charge in [-0.25, -0.2) is 0 Å². The third-order valence-electron chi connectivity index (χ3n) is 4.70. The van der Waals surface area contributed by atoms with Gasteiger partial charge in [0.2, 0.25) is 0 Å². The molecule has 0 radical (unpaired) electrons. The van der Waals surface area contributed by atoms with Gasteiger partial charge in [-0.15, -0.1) is 0 Å². The Bertz CT molecular complexity index is 279. The number of rotatable bonds is 7. The molecule has 1 rings (SSSR count). The Balaban J connectivity index is 2.64. The first-order valence-electron chi connectivity index (χ1n) is 7.70. The van der Waals surface area contributed by atoms with Gasteiger partial charge in [0.1, 0.15) is 17.9 Å². The van der Waals surface area contributed by atoms with Crippen molar-refractivity contribution in [2.45, 2.75) is 83.1 Å². The molecule has 5 heteroatoms. The molecular weight excluding hydrogens is 268 g/mol. The molecule has 0 aromatic rings. The molecule has 1 N–H and O–H groups in total. The number of nitrogens with zero attached hydrogens (tertiary/aromatic N) is 1. The Morgan fingerprint density at radius 1 is 1.28 bits per heavy atom. The van der Waals surface area contributed by atoms with E-state index in [1.54, 1.807) is 0 Å². The van der Waals surface area contributed by atoms with Crippen molar-refractivity contribution >= 4 is 27.4 Å². The van der Waals surface area contributed by atoms with Crippen LogP contribution in [0, 0.1) is 0 Å². The Labute approximate surface area is 120 Å². The molecule has 0 aromatic heterocycles. The normalized spacial score (nSPS) is 29.2. The molecule has 0 aliphatic carbocycles. The number of hydrogen-bond donors (Lipinski definition) is 1. The summed E-state index contributed by atoms with van der Waals surface area (Å²) in [6.45, 7) is 19.6. The van der Waals surface area contributed by atoms with Crippen LogP contribution in [0.5, 0.6) is 0 Å². The molecule has 108 valence electrons. The molecule has 18 heavy (non-hydrogen) atoms. The average Bonchev–Trinajstić information content (AvgIpc) is 2.74. The van der Waals surface area contributed by atoms with E-state index in [2.05, 4.69) is 63.4 Å². The highest BCUT2D eigenvalue weighted by atomic mass is 28.3. The van der Waals surface area contributed by atoms with Crippen molar-refractivity contribution in [3.05, 3.63) is 0 Å². The minimum absolute atomic E-state index is 0.243. The van der Waals surface area contributed by atoms with Crippen LogP contribution < -0.4 is 4.98 Å². The van der Waals surface area contributed by atoms with E-state index in [1.807, 2.05) is 0 Å². The number of nitrogens with one attached hydrogen (secondary N) is 1. The summed E-state index contributed by atoms with van der Waals surface area (Å²) in [7, 11) is -1.33. The molecule has 0 amide bonds. The van der Waals surface area contributed by atoms with Gasteiger partial charge in [-0.3, -0.25) is 0 Å². The van der Waals surface area contributed by atoms with Crippen LogP contribution in [0.3, 0.4) is 0 Å². The summed E-state index contributed by atoms with van der Waals surface area (Å²) in [5, 5.41) is 0.385. The monoisotopic (exact) mass is 302 g/mol. The van der Waals surface area contributed by atoms with Crippen LogP contribution in [-0.4, -0.2) is 48.7 Å². The zero-order chi connectivity index (χ0) is 14.1. The second kappa shape index (κ2) is 5.91. The molecule has 2 nitrogen and oxygen atoms in total. The highest BCUT2D eigenvalue weighted by molar-refractivity contribution is 6.62. The Kier molecular flexibility index (Phi) is 5.46. The van der Waals surface area contributed by atoms with E-state index in [9.17, 15) is 0 Å². The van der Waals surface area contributed by atoms with Gasteiger partial charge >= 0.3 is 0 Å². The van der Waals surface area contributed by atoms with E-state index < -0.39 is 17.9 Å². The first-order valence-corrected chi connectivity index (χ1v) is 15.3. The largest absolute Gasteiger partial charge is 0.336 e.